The molecule has 0 amide bonds. The maximum Gasteiger partial charge on any atom is 0.182 e. The van der Waals surface area contributed by atoms with Crippen molar-refractivity contribution >= 4 is 0 Å². The standard InChI is InChI=1S/C6H6N2/c1-3-6-7-4-5(2)8-6/h1,4H,2H3,(H,7,8). The molecule has 0 aliphatic rings. The molecule has 0 aromatic carbocycles. The Hall–Kier alpha value is -1.23. The van der Waals surface area contributed by atoms with Crippen LogP contribution < -0.4 is 0 Å². The van der Waals surface area contributed by atoms with Gasteiger partial charge in [-0.3, -0.25) is 0 Å². The first-order chi connectivity index (χ1) is 3.83. The van der Waals surface area contributed by atoms with E-state index in [9.17, 15) is 0 Å². The van der Waals surface area contributed by atoms with E-state index in [4.69, 9.17) is 6.42 Å². The Balaban J connectivity index is 3.05. The number of aryl methyl sites for hydroxylation is 1. The summed E-state index contributed by atoms with van der Waals surface area (Å²) in [5.74, 6) is 2.98. The number of nitrogens with zero attached hydrogens (tertiary/aromatic N) is 1. The number of nitrogens with one attached hydrogen (secondary N) is 1. The molecule has 0 spiro atoms. The van der Waals surface area contributed by atoms with E-state index in [1.165, 1.54) is 0 Å². The van der Waals surface area contributed by atoms with E-state index in [1.807, 2.05) is 6.92 Å². The van der Waals surface area contributed by atoms with Crippen LogP contribution in [0.1, 0.15) is 11.5 Å². The molecule has 8 heavy (non-hydrogen) atoms. The highest BCUT2D eigenvalue weighted by atomic mass is 14.9. The van der Waals surface area contributed by atoms with Gasteiger partial charge in [0.15, 0.2) is 5.82 Å². The molecule has 0 saturated carbocycles. The van der Waals surface area contributed by atoms with E-state index in [0.717, 1.165) is 5.69 Å². The second-order valence-electron chi connectivity index (χ2n) is 1.56. The summed E-state index contributed by atoms with van der Waals surface area (Å²) in [6, 6.07) is 0. The zero-order valence-corrected chi connectivity index (χ0v) is 4.60. The highest BCUT2D eigenvalue weighted by molar-refractivity contribution is 5.17. The molecule has 0 saturated heterocycles. The normalized spacial score (nSPS) is 8.50. The van der Waals surface area contributed by atoms with Gasteiger partial charge < -0.3 is 4.98 Å². The summed E-state index contributed by atoms with van der Waals surface area (Å²) in [7, 11) is 0. The molecule has 2 heteroatoms. The predicted molar refractivity (Wildman–Crippen MR) is 31.3 cm³/mol. The first-order valence-corrected chi connectivity index (χ1v) is 2.31. The first-order valence-electron chi connectivity index (χ1n) is 2.31. The Morgan fingerprint density at radius 1 is 1.88 bits per heavy atom. The lowest BCUT2D eigenvalue weighted by Crippen LogP contribution is -1.73. The van der Waals surface area contributed by atoms with Gasteiger partial charge in [0.2, 0.25) is 0 Å². The van der Waals surface area contributed by atoms with Crippen molar-refractivity contribution in [2.45, 2.75) is 6.92 Å². The van der Waals surface area contributed by atoms with Gasteiger partial charge in [0.1, 0.15) is 0 Å². The smallest absolute Gasteiger partial charge is 0.182 e. The van der Waals surface area contributed by atoms with Crippen LogP contribution in [0.25, 0.3) is 0 Å². The molecule has 1 N–H and O–H groups in total. The molecule has 1 aromatic rings. The van der Waals surface area contributed by atoms with Crippen molar-refractivity contribution in [3.05, 3.63) is 17.7 Å². The van der Waals surface area contributed by atoms with Crippen molar-refractivity contribution < 1.29 is 0 Å². The van der Waals surface area contributed by atoms with Gasteiger partial charge in [0.25, 0.3) is 0 Å². The van der Waals surface area contributed by atoms with E-state index < -0.39 is 0 Å². The summed E-state index contributed by atoms with van der Waals surface area (Å²) in [5, 5.41) is 0. The summed E-state index contributed by atoms with van der Waals surface area (Å²) in [4.78, 5) is 6.72. The maximum atomic E-state index is 5.02. The molecule has 0 fully saturated rings. The minimum absolute atomic E-state index is 0.600. The number of aromatic nitrogens is 2. The van der Waals surface area contributed by atoms with Gasteiger partial charge in [-0.25, -0.2) is 4.98 Å². The van der Waals surface area contributed by atoms with Gasteiger partial charge in [0, 0.05) is 11.9 Å². The molecule has 0 atom stereocenters. The minimum Gasteiger partial charge on any atom is -0.335 e. The van der Waals surface area contributed by atoms with Crippen LogP contribution in [0.4, 0.5) is 0 Å². The largest absolute Gasteiger partial charge is 0.335 e. The van der Waals surface area contributed by atoms with Crippen molar-refractivity contribution in [1.82, 2.24) is 9.97 Å². The van der Waals surface area contributed by atoms with Gasteiger partial charge in [0.05, 0.1) is 0 Å². The van der Waals surface area contributed by atoms with Gasteiger partial charge in [-0.2, -0.15) is 0 Å². The number of H-pyrrole nitrogens is 1. The Morgan fingerprint density at radius 3 is 2.88 bits per heavy atom. The molecule has 0 radical (unpaired) electrons. The van der Waals surface area contributed by atoms with Crippen LogP contribution in [0.3, 0.4) is 0 Å². The summed E-state index contributed by atoms with van der Waals surface area (Å²) in [6.45, 7) is 1.91. The second kappa shape index (κ2) is 1.71. The lowest BCUT2D eigenvalue weighted by Gasteiger charge is -1.74. The topological polar surface area (TPSA) is 28.7 Å². The fourth-order valence-electron chi connectivity index (χ4n) is 0.486. The second-order valence-corrected chi connectivity index (χ2v) is 1.56. The summed E-state index contributed by atoms with van der Waals surface area (Å²) in [6.07, 6.45) is 6.72. The highest BCUT2D eigenvalue weighted by Crippen LogP contribution is 1.90. The van der Waals surface area contributed by atoms with Gasteiger partial charge in [-0.1, -0.05) is 0 Å². The Bertz CT molecular complexity index is 217. The number of hydrogen-bond donors (Lipinski definition) is 1. The maximum absolute atomic E-state index is 5.02. The average molecular weight is 106 g/mol. The molecule has 2 nitrogen and oxygen atoms in total. The third kappa shape index (κ3) is 0.710. The Kier molecular flexibility index (Phi) is 1.05. The van der Waals surface area contributed by atoms with Crippen LogP contribution in [0.15, 0.2) is 6.20 Å². The lowest BCUT2D eigenvalue weighted by molar-refractivity contribution is 1.21. The lowest BCUT2D eigenvalue weighted by atomic mass is 10.6. The first kappa shape index (κ1) is 4.92. The molecule has 0 aliphatic heterocycles. The van der Waals surface area contributed by atoms with Crippen LogP contribution in [0.5, 0.6) is 0 Å². The SMILES string of the molecule is C#Cc1ncc(C)[nH]1. The molecule has 0 aliphatic carbocycles. The van der Waals surface area contributed by atoms with Gasteiger partial charge in [-0.05, 0) is 12.8 Å². The zero-order valence-electron chi connectivity index (χ0n) is 4.60. The van der Waals surface area contributed by atoms with E-state index in [2.05, 4.69) is 15.9 Å². The average Bonchev–Trinajstić information content (AvgIpc) is 2.14. The van der Waals surface area contributed by atoms with Crippen molar-refractivity contribution in [2.75, 3.05) is 0 Å². The molecule has 1 aromatic heterocycles. The summed E-state index contributed by atoms with van der Waals surface area (Å²) in [5.41, 5.74) is 0.998. The quantitative estimate of drug-likeness (QED) is 0.484. The predicted octanol–water partition coefficient (Wildman–Crippen LogP) is 0.699. The van der Waals surface area contributed by atoms with Crippen molar-refractivity contribution in [3.8, 4) is 12.3 Å². The van der Waals surface area contributed by atoms with E-state index in [0.29, 0.717) is 5.82 Å². The van der Waals surface area contributed by atoms with Crippen LogP contribution in [-0.4, -0.2) is 9.97 Å². The fourth-order valence-corrected chi connectivity index (χ4v) is 0.486. The number of terminal acetylenes is 1. The third-order valence-electron chi connectivity index (χ3n) is 0.840. The fraction of sp³-hybridized carbons (Fsp3) is 0.167. The minimum atomic E-state index is 0.600. The number of rotatable bonds is 0. The highest BCUT2D eigenvalue weighted by Gasteiger charge is 1.87. The molecule has 0 unspecified atom stereocenters. The van der Waals surface area contributed by atoms with E-state index >= 15 is 0 Å². The molecule has 1 heterocycles. The zero-order chi connectivity index (χ0) is 5.98. The van der Waals surface area contributed by atoms with Gasteiger partial charge in [-0.15, -0.1) is 6.42 Å². The van der Waals surface area contributed by atoms with Crippen LogP contribution in [-0.2, 0) is 0 Å². The summed E-state index contributed by atoms with van der Waals surface area (Å²) < 4.78 is 0. The Labute approximate surface area is 48.0 Å². The molecular formula is C6H6N2. The monoisotopic (exact) mass is 106 g/mol. The molecule has 0 bridgehead atoms. The van der Waals surface area contributed by atoms with Crippen LogP contribution in [0.2, 0.25) is 0 Å². The van der Waals surface area contributed by atoms with Crippen molar-refractivity contribution in [2.24, 2.45) is 0 Å². The number of imidazole rings is 1. The van der Waals surface area contributed by atoms with Crippen LogP contribution in [0, 0.1) is 19.3 Å². The molecule has 1 rings (SSSR count). The number of hydrogen-bond acceptors (Lipinski definition) is 1. The van der Waals surface area contributed by atoms with E-state index in [1.54, 1.807) is 6.20 Å². The Morgan fingerprint density at radius 2 is 2.62 bits per heavy atom. The number of aromatic amines is 1. The molecular weight excluding hydrogens is 100 g/mol. The van der Waals surface area contributed by atoms with Crippen molar-refractivity contribution in [1.29, 1.82) is 0 Å². The van der Waals surface area contributed by atoms with Gasteiger partial charge >= 0.3 is 0 Å². The van der Waals surface area contributed by atoms with Crippen LogP contribution >= 0.6 is 0 Å². The molecule has 40 valence electrons. The van der Waals surface area contributed by atoms with E-state index in [-0.39, 0.29) is 0 Å². The van der Waals surface area contributed by atoms with Crippen molar-refractivity contribution in [3.63, 3.8) is 0 Å². The third-order valence-corrected chi connectivity index (χ3v) is 0.840. The summed E-state index contributed by atoms with van der Waals surface area (Å²) >= 11 is 0.